The van der Waals surface area contributed by atoms with Gasteiger partial charge < -0.3 is 9.64 Å². The number of hydrogen-bond acceptors (Lipinski definition) is 5. The highest BCUT2D eigenvalue weighted by Gasteiger charge is 2.15. The lowest BCUT2D eigenvalue weighted by atomic mass is 10.2. The van der Waals surface area contributed by atoms with E-state index in [-0.39, 0.29) is 18.3 Å². The number of carbonyl (C=O) groups is 1. The molecule has 2 aromatic rings. The van der Waals surface area contributed by atoms with Crippen LogP contribution in [0.15, 0.2) is 32.0 Å². The standard InChI is InChI=1S/C12H12BrN3O4/c1-16(6-10-14-12(18)20-15-10)11(17)7-3-8(13)5-9(4-7)19-2/h3-5H,6H2,1-2H3,(H,14,15,18). The summed E-state index contributed by atoms with van der Waals surface area (Å²) in [5.74, 6) is -0.0165. The number of nitrogens with zero attached hydrogens (tertiary/aromatic N) is 2. The smallest absolute Gasteiger partial charge is 0.438 e. The second-order valence-corrected chi connectivity index (χ2v) is 5.00. The van der Waals surface area contributed by atoms with Crippen molar-refractivity contribution < 1.29 is 14.1 Å². The first-order valence-electron chi connectivity index (χ1n) is 5.64. The number of aromatic nitrogens is 2. The van der Waals surface area contributed by atoms with Crippen molar-refractivity contribution in [3.05, 3.63) is 44.6 Å². The zero-order chi connectivity index (χ0) is 14.7. The summed E-state index contributed by atoms with van der Waals surface area (Å²) in [6, 6.07) is 5.08. The topological polar surface area (TPSA) is 88.4 Å². The number of hydrogen-bond donors (Lipinski definition) is 1. The Morgan fingerprint density at radius 3 is 2.85 bits per heavy atom. The maximum atomic E-state index is 12.3. The van der Waals surface area contributed by atoms with E-state index in [0.717, 1.165) is 4.47 Å². The van der Waals surface area contributed by atoms with Gasteiger partial charge in [0.1, 0.15) is 5.75 Å². The molecule has 0 bridgehead atoms. The molecule has 0 saturated heterocycles. The highest BCUT2D eigenvalue weighted by Crippen LogP contribution is 2.22. The minimum atomic E-state index is -0.648. The maximum Gasteiger partial charge on any atom is 0.438 e. The predicted octanol–water partition coefficient (Wildman–Crippen LogP) is 1.41. The minimum Gasteiger partial charge on any atom is -0.497 e. The van der Waals surface area contributed by atoms with Crippen LogP contribution in [0.4, 0.5) is 0 Å². The molecule has 2 rings (SSSR count). The number of amides is 1. The number of carbonyl (C=O) groups excluding carboxylic acids is 1. The number of nitrogens with one attached hydrogen (secondary N) is 1. The summed E-state index contributed by atoms with van der Waals surface area (Å²) in [4.78, 5) is 26.9. The normalized spacial score (nSPS) is 10.3. The summed E-state index contributed by atoms with van der Waals surface area (Å²) in [5.41, 5.74) is 0.463. The maximum absolute atomic E-state index is 12.3. The fourth-order valence-corrected chi connectivity index (χ4v) is 2.12. The third kappa shape index (κ3) is 3.27. The quantitative estimate of drug-likeness (QED) is 0.908. The van der Waals surface area contributed by atoms with Crippen LogP contribution in [0.25, 0.3) is 0 Å². The van der Waals surface area contributed by atoms with E-state index < -0.39 is 5.76 Å². The number of rotatable bonds is 4. The molecule has 1 aromatic heterocycles. The first kappa shape index (κ1) is 14.3. The van der Waals surface area contributed by atoms with E-state index in [9.17, 15) is 9.59 Å². The molecule has 0 radical (unpaired) electrons. The van der Waals surface area contributed by atoms with Crippen molar-refractivity contribution in [3.8, 4) is 5.75 Å². The van der Waals surface area contributed by atoms with Crippen LogP contribution in [0.3, 0.4) is 0 Å². The summed E-state index contributed by atoms with van der Waals surface area (Å²) >= 11 is 3.32. The van der Waals surface area contributed by atoms with Crippen molar-refractivity contribution in [2.75, 3.05) is 14.2 Å². The fraction of sp³-hybridized carbons (Fsp3) is 0.250. The van der Waals surface area contributed by atoms with E-state index in [1.54, 1.807) is 25.2 Å². The zero-order valence-electron chi connectivity index (χ0n) is 10.8. The molecule has 1 heterocycles. The van der Waals surface area contributed by atoms with Crippen LogP contribution < -0.4 is 10.5 Å². The second kappa shape index (κ2) is 5.91. The van der Waals surface area contributed by atoms with Crippen molar-refractivity contribution in [1.29, 1.82) is 0 Å². The Bertz CT molecular complexity index is 679. The van der Waals surface area contributed by atoms with Gasteiger partial charge in [0.2, 0.25) is 0 Å². The molecule has 0 spiro atoms. The average molecular weight is 342 g/mol. The van der Waals surface area contributed by atoms with E-state index in [1.807, 2.05) is 0 Å². The molecule has 20 heavy (non-hydrogen) atoms. The predicted molar refractivity (Wildman–Crippen MR) is 73.6 cm³/mol. The lowest BCUT2D eigenvalue weighted by Gasteiger charge is -2.16. The largest absolute Gasteiger partial charge is 0.497 e. The molecule has 7 nitrogen and oxygen atoms in total. The van der Waals surface area contributed by atoms with Crippen molar-refractivity contribution in [2.24, 2.45) is 0 Å². The second-order valence-electron chi connectivity index (χ2n) is 4.08. The van der Waals surface area contributed by atoms with E-state index in [0.29, 0.717) is 11.3 Å². The van der Waals surface area contributed by atoms with Crippen LogP contribution in [0.2, 0.25) is 0 Å². The summed E-state index contributed by atoms with van der Waals surface area (Å²) < 4.78 is 10.2. The van der Waals surface area contributed by atoms with Gasteiger partial charge in [-0.05, 0) is 18.2 Å². The average Bonchev–Trinajstić information content (AvgIpc) is 2.82. The van der Waals surface area contributed by atoms with Gasteiger partial charge in [0, 0.05) is 17.1 Å². The number of benzene rings is 1. The first-order chi connectivity index (χ1) is 9.49. The Kier molecular flexibility index (Phi) is 4.23. The molecule has 0 unspecified atom stereocenters. The molecule has 1 N–H and O–H groups in total. The molecule has 8 heteroatoms. The molecule has 0 atom stereocenters. The summed E-state index contributed by atoms with van der Waals surface area (Å²) in [6.45, 7) is 0.138. The molecule has 106 valence electrons. The van der Waals surface area contributed by atoms with Crippen LogP contribution in [0.1, 0.15) is 16.2 Å². The van der Waals surface area contributed by atoms with Gasteiger partial charge in [-0.3, -0.25) is 14.3 Å². The molecule has 0 fully saturated rings. The Hall–Kier alpha value is -2.09. The first-order valence-corrected chi connectivity index (χ1v) is 6.44. The lowest BCUT2D eigenvalue weighted by molar-refractivity contribution is 0.0780. The van der Waals surface area contributed by atoms with Gasteiger partial charge in [-0.25, -0.2) is 4.79 Å². The van der Waals surface area contributed by atoms with Crippen LogP contribution in [0.5, 0.6) is 5.75 Å². The molecule has 1 aromatic carbocycles. The van der Waals surface area contributed by atoms with Crippen molar-refractivity contribution in [3.63, 3.8) is 0 Å². The van der Waals surface area contributed by atoms with E-state index in [4.69, 9.17) is 4.74 Å². The van der Waals surface area contributed by atoms with E-state index in [2.05, 4.69) is 30.6 Å². The molecular formula is C12H12BrN3O4. The third-order valence-electron chi connectivity index (χ3n) is 2.57. The van der Waals surface area contributed by atoms with Gasteiger partial charge in [0.15, 0.2) is 5.82 Å². The van der Waals surface area contributed by atoms with Crippen molar-refractivity contribution in [1.82, 2.24) is 15.0 Å². The Morgan fingerprint density at radius 2 is 2.25 bits per heavy atom. The molecule has 0 aliphatic heterocycles. The summed E-state index contributed by atoms with van der Waals surface area (Å²) in [7, 11) is 3.13. The highest BCUT2D eigenvalue weighted by atomic mass is 79.9. The SMILES string of the molecule is COc1cc(Br)cc(C(=O)N(C)Cc2noc(=O)[nH]2)c1. The molecular weight excluding hydrogens is 330 g/mol. The van der Waals surface area contributed by atoms with Gasteiger partial charge in [-0.15, -0.1) is 0 Å². The molecule has 0 saturated carbocycles. The molecule has 0 aliphatic carbocycles. The molecule has 0 aliphatic rings. The Morgan fingerprint density at radius 1 is 1.50 bits per heavy atom. The summed E-state index contributed by atoms with van der Waals surface area (Å²) in [5, 5.41) is 3.51. The highest BCUT2D eigenvalue weighted by molar-refractivity contribution is 9.10. The monoisotopic (exact) mass is 341 g/mol. The Labute approximate surface area is 122 Å². The number of H-pyrrole nitrogens is 1. The molecule has 1 amide bonds. The van der Waals surface area contributed by atoms with Crippen molar-refractivity contribution >= 4 is 21.8 Å². The number of halogens is 1. The van der Waals surface area contributed by atoms with Crippen LogP contribution >= 0.6 is 15.9 Å². The van der Waals surface area contributed by atoms with Gasteiger partial charge in [-0.2, -0.15) is 0 Å². The number of methoxy groups -OCH3 is 1. The number of ether oxygens (including phenoxy) is 1. The zero-order valence-corrected chi connectivity index (χ0v) is 12.4. The van der Waals surface area contributed by atoms with Crippen LogP contribution in [-0.2, 0) is 6.54 Å². The van der Waals surface area contributed by atoms with Gasteiger partial charge in [0.25, 0.3) is 5.91 Å². The van der Waals surface area contributed by atoms with Gasteiger partial charge >= 0.3 is 5.76 Å². The minimum absolute atomic E-state index is 0.138. The lowest BCUT2D eigenvalue weighted by Crippen LogP contribution is -2.27. The van der Waals surface area contributed by atoms with Crippen LogP contribution in [-0.4, -0.2) is 35.1 Å². The van der Waals surface area contributed by atoms with E-state index in [1.165, 1.54) is 12.0 Å². The van der Waals surface area contributed by atoms with Gasteiger partial charge in [-0.1, -0.05) is 21.1 Å². The van der Waals surface area contributed by atoms with Gasteiger partial charge in [0.05, 0.1) is 13.7 Å². The van der Waals surface area contributed by atoms with Crippen LogP contribution in [0, 0.1) is 0 Å². The third-order valence-corrected chi connectivity index (χ3v) is 3.03. The van der Waals surface area contributed by atoms with Crippen molar-refractivity contribution in [2.45, 2.75) is 6.54 Å². The van der Waals surface area contributed by atoms with E-state index >= 15 is 0 Å². The Balaban J connectivity index is 2.17. The summed E-state index contributed by atoms with van der Waals surface area (Å²) in [6.07, 6.45) is 0. The number of aromatic amines is 1. The fourth-order valence-electron chi connectivity index (χ4n) is 1.65.